The Morgan fingerprint density at radius 1 is 1.42 bits per heavy atom. The van der Waals surface area contributed by atoms with E-state index in [1.165, 1.54) is 0 Å². The lowest BCUT2D eigenvalue weighted by Crippen LogP contribution is -2.39. The number of amides is 1. The zero-order valence-corrected chi connectivity index (χ0v) is 15.3. The third-order valence-corrected chi connectivity index (χ3v) is 4.55. The van der Waals surface area contributed by atoms with Crippen molar-refractivity contribution < 1.29 is 18.8 Å². The summed E-state index contributed by atoms with van der Waals surface area (Å²) in [7, 11) is 0. The van der Waals surface area contributed by atoms with E-state index in [2.05, 4.69) is 27.6 Å². The molecule has 0 radical (unpaired) electrons. The molecule has 142 valence electrons. The summed E-state index contributed by atoms with van der Waals surface area (Å²) in [4.78, 5) is 12.3. The number of nitrogens with zero attached hydrogens (tertiary/aromatic N) is 2. The van der Waals surface area contributed by atoms with E-state index in [9.17, 15) is 4.79 Å². The van der Waals surface area contributed by atoms with E-state index in [-0.39, 0.29) is 11.9 Å². The van der Waals surface area contributed by atoms with Crippen molar-refractivity contribution in [3.8, 4) is 5.88 Å². The van der Waals surface area contributed by atoms with Crippen molar-refractivity contribution >= 4 is 5.91 Å². The first-order valence-corrected chi connectivity index (χ1v) is 9.18. The van der Waals surface area contributed by atoms with E-state index < -0.39 is 0 Å². The maximum absolute atomic E-state index is 12.3. The minimum Gasteiger partial charge on any atom is -0.472 e. The van der Waals surface area contributed by atoms with Gasteiger partial charge in [0, 0.05) is 25.3 Å². The zero-order valence-electron chi connectivity index (χ0n) is 15.3. The number of aromatic nitrogens is 3. The average Bonchev–Trinajstić information content (AvgIpc) is 3.26. The molecule has 1 aliphatic rings. The monoisotopic (exact) mass is 362 g/mol. The summed E-state index contributed by atoms with van der Waals surface area (Å²) in [6, 6.07) is 1.76. The van der Waals surface area contributed by atoms with Crippen molar-refractivity contribution in [3.63, 3.8) is 0 Å². The van der Waals surface area contributed by atoms with Crippen molar-refractivity contribution in [2.24, 2.45) is 0 Å². The van der Waals surface area contributed by atoms with Gasteiger partial charge in [0.05, 0.1) is 11.3 Å². The maximum atomic E-state index is 12.3. The second-order valence-corrected chi connectivity index (χ2v) is 6.54. The van der Waals surface area contributed by atoms with Gasteiger partial charge in [0.15, 0.2) is 0 Å². The molecule has 0 bridgehead atoms. The molecule has 1 saturated heterocycles. The number of hydrogen-bond donors (Lipinski definition) is 2. The predicted octanol–water partition coefficient (Wildman–Crippen LogP) is 2.54. The van der Waals surface area contributed by atoms with Gasteiger partial charge in [-0.3, -0.25) is 9.89 Å². The van der Waals surface area contributed by atoms with Crippen LogP contribution in [0.5, 0.6) is 5.88 Å². The smallest absolute Gasteiger partial charge is 0.269 e. The number of H-pyrrole nitrogens is 1. The number of nitrogens with one attached hydrogen (secondary N) is 2. The van der Waals surface area contributed by atoms with Gasteiger partial charge in [-0.05, 0) is 32.6 Å². The van der Waals surface area contributed by atoms with Crippen molar-refractivity contribution in [2.75, 3.05) is 13.2 Å². The molecule has 0 unspecified atom stereocenters. The first-order valence-electron chi connectivity index (χ1n) is 9.18. The largest absolute Gasteiger partial charge is 0.472 e. The van der Waals surface area contributed by atoms with Crippen molar-refractivity contribution in [3.05, 3.63) is 28.8 Å². The summed E-state index contributed by atoms with van der Waals surface area (Å²) in [5.74, 6) is 0.956. The molecule has 0 saturated carbocycles. The van der Waals surface area contributed by atoms with Crippen molar-refractivity contribution in [1.29, 1.82) is 0 Å². The van der Waals surface area contributed by atoms with Gasteiger partial charge in [-0.25, -0.2) is 0 Å². The van der Waals surface area contributed by atoms with Gasteiger partial charge in [-0.2, -0.15) is 0 Å². The minimum absolute atomic E-state index is 0.143. The van der Waals surface area contributed by atoms with Crippen LogP contribution in [-0.4, -0.2) is 40.5 Å². The second-order valence-electron chi connectivity index (χ2n) is 6.54. The minimum atomic E-state index is -0.177. The van der Waals surface area contributed by atoms with E-state index in [0.717, 1.165) is 49.1 Å². The van der Waals surface area contributed by atoms with E-state index in [1.54, 1.807) is 6.07 Å². The van der Waals surface area contributed by atoms with Gasteiger partial charge in [0.25, 0.3) is 5.91 Å². The number of ether oxygens (including phenoxy) is 2. The highest BCUT2D eigenvalue weighted by Crippen LogP contribution is 2.19. The van der Waals surface area contributed by atoms with Crippen LogP contribution in [0.2, 0.25) is 0 Å². The molecule has 1 amide bonds. The van der Waals surface area contributed by atoms with Crippen LogP contribution < -0.4 is 10.1 Å². The van der Waals surface area contributed by atoms with Crippen molar-refractivity contribution in [1.82, 2.24) is 20.7 Å². The molecule has 2 aromatic rings. The number of unbranched alkanes of at least 4 members (excludes halogenated alkanes) is 1. The molecule has 0 atom stereocenters. The Hall–Kier alpha value is -2.35. The number of carbonyl (C=O) groups is 1. The van der Waals surface area contributed by atoms with Crippen LogP contribution in [0, 0.1) is 6.92 Å². The molecular formula is C18H26N4O4. The maximum Gasteiger partial charge on any atom is 0.269 e. The van der Waals surface area contributed by atoms with Crippen molar-refractivity contribution in [2.45, 2.75) is 58.6 Å². The number of carbonyl (C=O) groups excluding carboxylic acids is 1. The van der Waals surface area contributed by atoms with E-state index >= 15 is 0 Å². The number of aromatic amines is 1. The number of hydrogen-bond acceptors (Lipinski definition) is 6. The van der Waals surface area contributed by atoms with Gasteiger partial charge in [0.2, 0.25) is 5.88 Å². The molecule has 0 aliphatic carbocycles. The number of rotatable bonds is 8. The quantitative estimate of drug-likeness (QED) is 0.748. The Balaban J connectivity index is 1.55. The second kappa shape index (κ2) is 8.84. The van der Waals surface area contributed by atoms with E-state index in [0.29, 0.717) is 31.4 Å². The molecular weight excluding hydrogens is 336 g/mol. The number of aryl methyl sites for hydroxylation is 2. The molecule has 1 aliphatic heterocycles. The lowest BCUT2D eigenvalue weighted by molar-refractivity contribution is 0.0694. The van der Waals surface area contributed by atoms with E-state index in [1.807, 2.05) is 6.92 Å². The first kappa shape index (κ1) is 18.4. The fraction of sp³-hybridized carbons (Fsp3) is 0.611. The Morgan fingerprint density at radius 2 is 2.23 bits per heavy atom. The highest BCUT2D eigenvalue weighted by atomic mass is 16.5. The van der Waals surface area contributed by atoms with E-state index in [4.69, 9.17) is 14.0 Å². The van der Waals surface area contributed by atoms with Gasteiger partial charge >= 0.3 is 0 Å². The van der Waals surface area contributed by atoms with Crippen LogP contribution >= 0.6 is 0 Å². The summed E-state index contributed by atoms with van der Waals surface area (Å²) < 4.78 is 16.3. The fourth-order valence-electron chi connectivity index (χ4n) is 2.91. The molecule has 8 nitrogen and oxygen atoms in total. The molecule has 26 heavy (non-hydrogen) atoms. The first-order chi connectivity index (χ1) is 12.7. The Bertz CT molecular complexity index is 719. The summed E-state index contributed by atoms with van der Waals surface area (Å²) in [5.41, 5.74) is 2.27. The van der Waals surface area contributed by atoms with Crippen LogP contribution in [0.15, 0.2) is 10.6 Å². The molecule has 2 aromatic heterocycles. The summed E-state index contributed by atoms with van der Waals surface area (Å²) >= 11 is 0. The fourth-order valence-corrected chi connectivity index (χ4v) is 2.91. The van der Waals surface area contributed by atoms with Crippen LogP contribution in [0.1, 0.15) is 60.1 Å². The van der Waals surface area contributed by atoms with Gasteiger partial charge in [-0.15, -0.1) is 5.10 Å². The summed E-state index contributed by atoms with van der Waals surface area (Å²) in [6.45, 7) is 5.69. The molecule has 3 rings (SSSR count). The molecule has 8 heteroatoms. The summed E-state index contributed by atoms with van der Waals surface area (Å²) in [6.07, 6.45) is 4.67. The Labute approximate surface area is 152 Å². The predicted molar refractivity (Wildman–Crippen MR) is 94.1 cm³/mol. The van der Waals surface area contributed by atoms with Crippen LogP contribution in [0.3, 0.4) is 0 Å². The van der Waals surface area contributed by atoms with Gasteiger partial charge < -0.3 is 19.3 Å². The molecule has 2 N–H and O–H groups in total. The molecule has 1 fully saturated rings. The van der Waals surface area contributed by atoms with Gasteiger partial charge in [-0.1, -0.05) is 18.5 Å². The normalized spacial score (nSPS) is 15.2. The molecule has 3 heterocycles. The molecule has 0 aromatic carbocycles. The van der Waals surface area contributed by atoms with Crippen LogP contribution in [-0.2, 0) is 17.8 Å². The topological polar surface area (TPSA) is 102 Å². The zero-order chi connectivity index (χ0) is 18.4. The summed E-state index contributed by atoms with van der Waals surface area (Å²) in [5, 5.41) is 13.9. The lowest BCUT2D eigenvalue weighted by atomic mass is 10.1. The third kappa shape index (κ3) is 4.63. The highest BCUT2D eigenvalue weighted by Gasteiger charge is 2.19. The van der Waals surface area contributed by atoms with Crippen LogP contribution in [0.25, 0.3) is 0 Å². The Kier molecular flexibility index (Phi) is 6.27. The molecule has 0 spiro atoms. The van der Waals surface area contributed by atoms with Gasteiger partial charge in [0.1, 0.15) is 18.1 Å². The standard InChI is InChI=1S/C18H26N4O4/c1-3-4-5-15-14(12(2)26-22-15)11-25-17-10-16(20-21-17)18(23)19-13-6-8-24-9-7-13/h10,13H,3-9,11H2,1-2H3,(H,19,23)(H,20,21). The lowest BCUT2D eigenvalue weighted by Gasteiger charge is -2.22. The Morgan fingerprint density at radius 3 is 3.00 bits per heavy atom. The average molecular weight is 362 g/mol. The SMILES string of the molecule is CCCCc1noc(C)c1COc1cc(C(=O)NC2CCOCC2)[nH]n1. The van der Waals surface area contributed by atoms with Crippen LogP contribution in [0.4, 0.5) is 0 Å². The highest BCUT2D eigenvalue weighted by molar-refractivity contribution is 5.92. The third-order valence-electron chi connectivity index (χ3n) is 4.55.